The fourth-order valence-electron chi connectivity index (χ4n) is 0.784. The van der Waals surface area contributed by atoms with Gasteiger partial charge in [-0.3, -0.25) is 0 Å². The summed E-state index contributed by atoms with van der Waals surface area (Å²) in [7, 11) is 0. The standard InChI is InChI=1S/C9H21NO/c1-4-6-7-10-8-9(3,11)5-2/h10-11H,4-8H2,1-3H3. The third-order valence-electron chi connectivity index (χ3n) is 1.97. The topological polar surface area (TPSA) is 32.3 Å². The van der Waals surface area contributed by atoms with Gasteiger partial charge in [-0.05, 0) is 26.3 Å². The van der Waals surface area contributed by atoms with E-state index in [1.807, 2.05) is 13.8 Å². The van der Waals surface area contributed by atoms with E-state index in [4.69, 9.17) is 0 Å². The maximum absolute atomic E-state index is 9.56. The van der Waals surface area contributed by atoms with Crippen LogP contribution in [0.15, 0.2) is 0 Å². The minimum Gasteiger partial charge on any atom is -0.389 e. The van der Waals surface area contributed by atoms with Gasteiger partial charge >= 0.3 is 0 Å². The van der Waals surface area contributed by atoms with E-state index in [2.05, 4.69) is 12.2 Å². The van der Waals surface area contributed by atoms with Gasteiger partial charge in [0.25, 0.3) is 0 Å². The molecule has 0 bridgehead atoms. The molecule has 0 aliphatic heterocycles. The lowest BCUT2D eigenvalue weighted by molar-refractivity contribution is 0.0560. The Kier molecular flexibility index (Phi) is 5.51. The SMILES string of the molecule is CCCCNCC(C)(O)CC. The summed E-state index contributed by atoms with van der Waals surface area (Å²) in [5.74, 6) is 0. The van der Waals surface area contributed by atoms with Crippen molar-refractivity contribution in [1.29, 1.82) is 0 Å². The molecule has 2 N–H and O–H groups in total. The third-order valence-corrected chi connectivity index (χ3v) is 1.97. The van der Waals surface area contributed by atoms with Crippen LogP contribution in [0, 0.1) is 0 Å². The fourth-order valence-corrected chi connectivity index (χ4v) is 0.784. The Morgan fingerprint density at radius 2 is 2.00 bits per heavy atom. The molecule has 0 saturated carbocycles. The molecule has 0 spiro atoms. The van der Waals surface area contributed by atoms with Gasteiger partial charge in [-0.1, -0.05) is 20.3 Å². The van der Waals surface area contributed by atoms with Crippen molar-refractivity contribution in [3.63, 3.8) is 0 Å². The number of rotatable bonds is 6. The summed E-state index contributed by atoms with van der Waals surface area (Å²) in [6.45, 7) is 7.77. The molecule has 0 saturated heterocycles. The molecule has 2 heteroatoms. The Labute approximate surface area is 70.0 Å². The molecule has 0 heterocycles. The van der Waals surface area contributed by atoms with Crippen molar-refractivity contribution in [2.45, 2.75) is 45.6 Å². The lowest BCUT2D eigenvalue weighted by Crippen LogP contribution is -2.37. The summed E-state index contributed by atoms with van der Waals surface area (Å²) in [6.07, 6.45) is 3.22. The predicted molar refractivity (Wildman–Crippen MR) is 48.7 cm³/mol. The van der Waals surface area contributed by atoms with Crippen LogP contribution in [0.1, 0.15) is 40.0 Å². The first-order valence-electron chi connectivity index (χ1n) is 4.55. The second-order valence-corrected chi connectivity index (χ2v) is 3.38. The Morgan fingerprint density at radius 1 is 1.36 bits per heavy atom. The zero-order valence-electron chi connectivity index (χ0n) is 7.98. The van der Waals surface area contributed by atoms with Gasteiger partial charge in [0.05, 0.1) is 5.60 Å². The summed E-state index contributed by atoms with van der Waals surface area (Å²) in [6, 6.07) is 0. The quantitative estimate of drug-likeness (QED) is 0.576. The fraction of sp³-hybridized carbons (Fsp3) is 1.00. The van der Waals surface area contributed by atoms with Gasteiger partial charge in [-0.15, -0.1) is 0 Å². The molecule has 0 aromatic carbocycles. The van der Waals surface area contributed by atoms with E-state index in [1.54, 1.807) is 0 Å². The van der Waals surface area contributed by atoms with Crippen molar-refractivity contribution in [1.82, 2.24) is 5.32 Å². The maximum Gasteiger partial charge on any atom is 0.0740 e. The second kappa shape index (κ2) is 5.56. The van der Waals surface area contributed by atoms with Crippen LogP contribution in [0.2, 0.25) is 0 Å². The summed E-state index contributed by atoms with van der Waals surface area (Å²) in [4.78, 5) is 0. The van der Waals surface area contributed by atoms with Crippen LogP contribution in [0.4, 0.5) is 0 Å². The first kappa shape index (κ1) is 10.9. The summed E-state index contributed by atoms with van der Waals surface area (Å²) in [5, 5.41) is 12.8. The Morgan fingerprint density at radius 3 is 2.45 bits per heavy atom. The molecule has 0 rings (SSSR count). The van der Waals surface area contributed by atoms with E-state index >= 15 is 0 Å². The molecular weight excluding hydrogens is 138 g/mol. The molecule has 2 nitrogen and oxygen atoms in total. The van der Waals surface area contributed by atoms with Crippen molar-refractivity contribution >= 4 is 0 Å². The van der Waals surface area contributed by atoms with Crippen LogP contribution in [0.25, 0.3) is 0 Å². The van der Waals surface area contributed by atoms with E-state index < -0.39 is 5.60 Å². The van der Waals surface area contributed by atoms with Gasteiger partial charge in [0.2, 0.25) is 0 Å². The number of hydrogen-bond acceptors (Lipinski definition) is 2. The van der Waals surface area contributed by atoms with E-state index in [0.29, 0.717) is 6.54 Å². The Balaban J connectivity index is 3.23. The van der Waals surface area contributed by atoms with Crippen molar-refractivity contribution in [2.75, 3.05) is 13.1 Å². The maximum atomic E-state index is 9.56. The van der Waals surface area contributed by atoms with Gasteiger partial charge in [0, 0.05) is 6.54 Å². The number of nitrogens with one attached hydrogen (secondary N) is 1. The Bertz CT molecular complexity index is 91.6. The molecule has 1 unspecified atom stereocenters. The average molecular weight is 159 g/mol. The van der Waals surface area contributed by atoms with Crippen LogP contribution >= 0.6 is 0 Å². The van der Waals surface area contributed by atoms with Crippen LogP contribution in [-0.2, 0) is 0 Å². The minimum absolute atomic E-state index is 0.520. The van der Waals surface area contributed by atoms with E-state index in [9.17, 15) is 5.11 Å². The van der Waals surface area contributed by atoms with E-state index in [1.165, 1.54) is 12.8 Å². The van der Waals surface area contributed by atoms with Crippen molar-refractivity contribution in [3.05, 3.63) is 0 Å². The van der Waals surface area contributed by atoms with Crippen molar-refractivity contribution in [3.8, 4) is 0 Å². The highest BCUT2D eigenvalue weighted by molar-refractivity contribution is 4.72. The van der Waals surface area contributed by atoms with E-state index in [0.717, 1.165) is 13.0 Å². The summed E-state index contributed by atoms with van der Waals surface area (Å²) in [5.41, 5.74) is -0.520. The van der Waals surface area contributed by atoms with Crippen LogP contribution < -0.4 is 5.32 Å². The number of aliphatic hydroxyl groups is 1. The number of unbranched alkanes of at least 4 members (excludes halogenated alkanes) is 1. The smallest absolute Gasteiger partial charge is 0.0740 e. The minimum atomic E-state index is -0.520. The lowest BCUT2D eigenvalue weighted by atomic mass is 10.0. The molecule has 0 aromatic rings. The largest absolute Gasteiger partial charge is 0.389 e. The van der Waals surface area contributed by atoms with Gasteiger partial charge in [-0.2, -0.15) is 0 Å². The average Bonchev–Trinajstić information content (AvgIpc) is 1.99. The van der Waals surface area contributed by atoms with Crippen molar-refractivity contribution < 1.29 is 5.11 Å². The number of hydrogen-bond donors (Lipinski definition) is 2. The highest BCUT2D eigenvalue weighted by Gasteiger charge is 2.15. The van der Waals surface area contributed by atoms with Gasteiger partial charge in [0.15, 0.2) is 0 Å². The Hall–Kier alpha value is -0.0800. The first-order chi connectivity index (χ1) is 5.12. The molecule has 0 radical (unpaired) electrons. The van der Waals surface area contributed by atoms with Gasteiger partial charge in [-0.25, -0.2) is 0 Å². The first-order valence-corrected chi connectivity index (χ1v) is 4.55. The molecule has 0 aliphatic rings. The summed E-state index contributed by atoms with van der Waals surface area (Å²) < 4.78 is 0. The van der Waals surface area contributed by atoms with Gasteiger partial charge < -0.3 is 10.4 Å². The molecule has 68 valence electrons. The molecule has 1 atom stereocenters. The molecule has 0 fully saturated rings. The monoisotopic (exact) mass is 159 g/mol. The van der Waals surface area contributed by atoms with Crippen LogP contribution in [0.3, 0.4) is 0 Å². The molecule has 11 heavy (non-hydrogen) atoms. The van der Waals surface area contributed by atoms with Gasteiger partial charge in [0.1, 0.15) is 0 Å². The second-order valence-electron chi connectivity index (χ2n) is 3.38. The molecule has 0 aromatic heterocycles. The van der Waals surface area contributed by atoms with Crippen LogP contribution in [0.5, 0.6) is 0 Å². The van der Waals surface area contributed by atoms with Crippen molar-refractivity contribution in [2.24, 2.45) is 0 Å². The zero-order chi connectivity index (χ0) is 8.74. The van der Waals surface area contributed by atoms with Crippen LogP contribution in [-0.4, -0.2) is 23.8 Å². The molecular formula is C9H21NO. The summed E-state index contributed by atoms with van der Waals surface area (Å²) >= 11 is 0. The zero-order valence-corrected chi connectivity index (χ0v) is 7.98. The molecule has 0 aliphatic carbocycles. The lowest BCUT2D eigenvalue weighted by Gasteiger charge is -2.21. The molecule has 0 amide bonds. The predicted octanol–water partition coefficient (Wildman–Crippen LogP) is 1.54. The highest BCUT2D eigenvalue weighted by atomic mass is 16.3. The third kappa shape index (κ3) is 6.32. The normalized spacial score (nSPS) is 16.4. The van der Waals surface area contributed by atoms with E-state index in [-0.39, 0.29) is 0 Å². The highest BCUT2D eigenvalue weighted by Crippen LogP contribution is 2.05.